The van der Waals surface area contributed by atoms with Crippen molar-refractivity contribution in [3.63, 3.8) is 0 Å². The summed E-state index contributed by atoms with van der Waals surface area (Å²) in [4.78, 5) is 24.9. The monoisotopic (exact) mass is 350 g/mol. The number of Topliss-reactive ketones (excluding diaryl/α,β-unsaturated/α-hetero) is 1. The lowest BCUT2D eigenvalue weighted by Gasteiger charge is -2.10. The molecule has 0 radical (unpaired) electrons. The molecule has 1 N–H and O–H groups in total. The number of rotatable bonds is 5. The summed E-state index contributed by atoms with van der Waals surface area (Å²) in [5.74, 6) is -1.62. The number of halogens is 1. The third kappa shape index (κ3) is 3.88. The summed E-state index contributed by atoms with van der Waals surface area (Å²) in [6.45, 7) is 4.31. The summed E-state index contributed by atoms with van der Waals surface area (Å²) >= 11 is 0. The highest BCUT2D eigenvalue weighted by Crippen LogP contribution is 2.15. The number of nitrogens with one attached hydrogen (secondary N) is 1. The van der Waals surface area contributed by atoms with Gasteiger partial charge in [0.05, 0.1) is 5.69 Å². The number of nitrogens with zero attached hydrogens (tertiary/aromatic N) is 1. The highest BCUT2D eigenvalue weighted by Gasteiger charge is 2.20. The number of carbonyl (C=O) groups excluding carboxylic acids is 2. The third-order valence-corrected chi connectivity index (χ3v) is 4.30. The average molecular weight is 350 g/mol. The van der Waals surface area contributed by atoms with Gasteiger partial charge >= 0.3 is 0 Å². The number of aromatic nitrogens is 1. The first-order valence-electron chi connectivity index (χ1n) is 8.26. The van der Waals surface area contributed by atoms with Gasteiger partial charge in [0.25, 0.3) is 11.7 Å². The molecule has 4 nitrogen and oxygen atoms in total. The number of benzene rings is 2. The van der Waals surface area contributed by atoms with E-state index >= 15 is 0 Å². The van der Waals surface area contributed by atoms with Crippen LogP contribution in [-0.2, 0) is 11.3 Å². The SMILES string of the molecule is Cc1ccc(NC(=O)C(=O)c2cccn2Cc2ccc(F)cc2)cc1C. The number of carbonyl (C=O) groups is 2. The minimum absolute atomic E-state index is 0.288. The molecule has 0 aliphatic heterocycles. The van der Waals surface area contributed by atoms with Crippen molar-refractivity contribution in [3.8, 4) is 0 Å². The second kappa shape index (κ2) is 7.35. The minimum Gasteiger partial charge on any atom is -0.340 e. The number of ketones is 1. The van der Waals surface area contributed by atoms with Gasteiger partial charge in [-0.15, -0.1) is 0 Å². The topological polar surface area (TPSA) is 51.1 Å². The first-order chi connectivity index (χ1) is 12.4. The van der Waals surface area contributed by atoms with E-state index in [1.165, 1.54) is 12.1 Å². The number of amides is 1. The average Bonchev–Trinajstić information content (AvgIpc) is 3.07. The van der Waals surface area contributed by atoms with Crippen LogP contribution in [0.1, 0.15) is 27.2 Å². The Morgan fingerprint density at radius 1 is 1.00 bits per heavy atom. The first-order valence-corrected chi connectivity index (χ1v) is 8.26. The molecule has 3 aromatic rings. The van der Waals surface area contributed by atoms with Crippen LogP contribution in [-0.4, -0.2) is 16.3 Å². The summed E-state index contributed by atoms with van der Waals surface area (Å²) in [5, 5.41) is 2.65. The van der Waals surface area contributed by atoms with Crippen LogP contribution < -0.4 is 5.32 Å². The minimum atomic E-state index is -0.688. The van der Waals surface area contributed by atoms with Crippen molar-refractivity contribution in [2.75, 3.05) is 5.32 Å². The van der Waals surface area contributed by atoms with E-state index in [0.29, 0.717) is 12.2 Å². The second-order valence-corrected chi connectivity index (χ2v) is 6.23. The van der Waals surface area contributed by atoms with Gasteiger partial charge < -0.3 is 9.88 Å². The van der Waals surface area contributed by atoms with E-state index in [1.54, 1.807) is 41.1 Å². The summed E-state index contributed by atoms with van der Waals surface area (Å²) in [7, 11) is 0. The fourth-order valence-corrected chi connectivity index (χ4v) is 2.67. The molecule has 3 rings (SSSR count). The lowest BCUT2D eigenvalue weighted by atomic mass is 10.1. The maximum atomic E-state index is 13.0. The molecule has 0 unspecified atom stereocenters. The van der Waals surface area contributed by atoms with Gasteiger partial charge in [0.1, 0.15) is 5.82 Å². The molecule has 0 spiro atoms. The Balaban J connectivity index is 1.75. The molecule has 132 valence electrons. The van der Waals surface area contributed by atoms with E-state index < -0.39 is 11.7 Å². The van der Waals surface area contributed by atoms with Gasteiger partial charge in [0, 0.05) is 18.4 Å². The fourth-order valence-electron chi connectivity index (χ4n) is 2.67. The smallest absolute Gasteiger partial charge is 0.298 e. The van der Waals surface area contributed by atoms with E-state index in [4.69, 9.17) is 0 Å². The van der Waals surface area contributed by atoms with Crippen molar-refractivity contribution < 1.29 is 14.0 Å². The Labute approximate surface area is 151 Å². The van der Waals surface area contributed by atoms with Gasteiger partial charge in [-0.25, -0.2) is 4.39 Å². The predicted molar refractivity (Wildman–Crippen MR) is 98.8 cm³/mol. The highest BCUT2D eigenvalue weighted by atomic mass is 19.1. The van der Waals surface area contributed by atoms with Crippen LogP contribution in [0.25, 0.3) is 0 Å². The standard InChI is InChI=1S/C21H19FN2O2/c1-14-5-10-18(12-15(14)2)23-21(26)20(25)19-4-3-11-24(19)13-16-6-8-17(22)9-7-16/h3-12H,13H2,1-2H3,(H,23,26). The van der Waals surface area contributed by atoms with Crippen molar-refractivity contribution in [1.29, 1.82) is 0 Å². The molecule has 0 aliphatic carbocycles. The molecule has 5 heteroatoms. The van der Waals surface area contributed by atoms with E-state index in [9.17, 15) is 14.0 Å². The van der Waals surface area contributed by atoms with E-state index in [2.05, 4.69) is 5.32 Å². The maximum Gasteiger partial charge on any atom is 0.298 e. The summed E-state index contributed by atoms with van der Waals surface area (Å²) in [6, 6.07) is 14.8. The predicted octanol–water partition coefficient (Wildman–Crippen LogP) is 4.11. The zero-order valence-electron chi connectivity index (χ0n) is 14.6. The van der Waals surface area contributed by atoms with Gasteiger partial charge in [-0.1, -0.05) is 18.2 Å². The summed E-state index contributed by atoms with van der Waals surface area (Å²) in [6.07, 6.45) is 1.72. The second-order valence-electron chi connectivity index (χ2n) is 6.23. The van der Waals surface area contributed by atoms with Crippen molar-refractivity contribution in [1.82, 2.24) is 4.57 Å². The molecule has 1 aromatic heterocycles. The highest BCUT2D eigenvalue weighted by molar-refractivity contribution is 6.46. The normalized spacial score (nSPS) is 10.6. The molecule has 0 bridgehead atoms. The molecule has 0 aliphatic rings. The van der Waals surface area contributed by atoms with Crippen LogP contribution in [0, 0.1) is 19.7 Å². The Bertz CT molecular complexity index is 958. The van der Waals surface area contributed by atoms with E-state index in [-0.39, 0.29) is 11.5 Å². The van der Waals surface area contributed by atoms with Gasteiger partial charge in [-0.2, -0.15) is 0 Å². The lowest BCUT2D eigenvalue weighted by Crippen LogP contribution is -2.25. The van der Waals surface area contributed by atoms with Crippen LogP contribution in [0.2, 0.25) is 0 Å². The summed E-state index contributed by atoms with van der Waals surface area (Å²) < 4.78 is 14.7. The van der Waals surface area contributed by atoms with Crippen LogP contribution in [0.3, 0.4) is 0 Å². The molecule has 2 aromatic carbocycles. The van der Waals surface area contributed by atoms with E-state index in [1.807, 2.05) is 26.0 Å². The Morgan fingerprint density at radius 3 is 2.42 bits per heavy atom. The Kier molecular flexibility index (Phi) is 4.98. The maximum absolute atomic E-state index is 13.0. The number of anilines is 1. The van der Waals surface area contributed by atoms with Crippen molar-refractivity contribution in [3.05, 3.63) is 89.0 Å². The molecule has 1 heterocycles. The van der Waals surface area contributed by atoms with Crippen molar-refractivity contribution in [2.24, 2.45) is 0 Å². The quantitative estimate of drug-likeness (QED) is 0.556. The van der Waals surface area contributed by atoms with Crippen LogP contribution >= 0.6 is 0 Å². The van der Waals surface area contributed by atoms with Crippen molar-refractivity contribution in [2.45, 2.75) is 20.4 Å². The molecular formula is C21H19FN2O2. The lowest BCUT2D eigenvalue weighted by molar-refractivity contribution is -0.112. The Hall–Kier alpha value is -3.21. The van der Waals surface area contributed by atoms with Crippen LogP contribution in [0.15, 0.2) is 60.8 Å². The zero-order valence-corrected chi connectivity index (χ0v) is 14.6. The van der Waals surface area contributed by atoms with Crippen molar-refractivity contribution >= 4 is 17.4 Å². The number of hydrogen-bond acceptors (Lipinski definition) is 2. The first kappa shape index (κ1) is 17.6. The van der Waals surface area contributed by atoms with Crippen LogP contribution in [0.5, 0.6) is 0 Å². The molecule has 0 atom stereocenters. The van der Waals surface area contributed by atoms with Crippen LogP contribution in [0.4, 0.5) is 10.1 Å². The molecule has 1 amide bonds. The van der Waals surface area contributed by atoms with Gasteiger partial charge in [0.2, 0.25) is 0 Å². The van der Waals surface area contributed by atoms with Gasteiger partial charge in [-0.3, -0.25) is 9.59 Å². The fraction of sp³-hybridized carbons (Fsp3) is 0.143. The molecule has 0 fully saturated rings. The summed E-state index contributed by atoms with van der Waals surface area (Å²) in [5.41, 5.74) is 3.86. The largest absolute Gasteiger partial charge is 0.340 e. The van der Waals surface area contributed by atoms with Gasteiger partial charge in [-0.05, 0) is 66.9 Å². The van der Waals surface area contributed by atoms with E-state index in [0.717, 1.165) is 16.7 Å². The molecular weight excluding hydrogens is 331 g/mol. The molecule has 0 saturated heterocycles. The molecule has 26 heavy (non-hydrogen) atoms. The number of hydrogen-bond donors (Lipinski definition) is 1. The van der Waals surface area contributed by atoms with Gasteiger partial charge in [0.15, 0.2) is 0 Å². The zero-order chi connectivity index (χ0) is 18.7. The third-order valence-electron chi connectivity index (χ3n) is 4.30. The molecule has 0 saturated carbocycles. The Morgan fingerprint density at radius 2 is 1.73 bits per heavy atom. The number of aryl methyl sites for hydroxylation is 2.